The number of hydrogen-bond donors (Lipinski definition) is 0. The van der Waals surface area contributed by atoms with Crippen molar-refractivity contribution in [2.45, 2.75) is 0 Å². The second kappa shape index (κ2) is 52.9. The third kappa shape index (κ3) is 180. The van der Waals surface area contributed by atoms with Gasteiger partial charge in [-0.15, -0.1) is 0 Å². The van der Waals surface area contributed by atoms with Gasteiger partial charge in [0.1, 0.15) is 0 Å². The van der Waals surface area contributed by atoms with Gasteiger partial charge in [0.25, 0.3) is 0 Å². The van der Waals surface area contributed by atoms with Gasteiger partial charge >= 0.3 is 23.7 Å². The molecule has 4 radical (unpaired) electrons. The van der Waals surface area contributed by atoms with Gasteiger partial charge in [-0.1, -0.05) is 0 Å². The molecule has 7 heteroatoms. The van der Waals surface area contributed by atoms with Crippen molar-refractivity contribution in [3.8, 4) is 0 Å². The Kier molecular flexibility index (Phi) is 122. The standard InChI is InChI=1S/2N3.Te/c2*1-3-2;/q2*-1;+2. The molecule has 0 fully saturated rings. The number of rotatable bonds is 0. The topological polar surface area (TPSA) is 117 Å². The zero-order chi connectivity index (χ0) is 5.41. The van der Waals surface area contributed by atoms with Crippen LogP contribution in [0.4, 0.5) is 0 Å². The summed E-state index contributed by atoms with van der Waals surface area (Å²) in [6.07, 6.45) is 0. The first-order valence-electron chi connectivity index (χ1n) is 0.800. The van der Waals surface area contributed by atoms with Crippen molar-refractivity contribution in [3.05, 3.63) is 31.9 Å². The van der Waals surface area contributed by atoms with Crippen LogP contribution in [0.3, 0.4) is 0 Å². The summed E-state index contributed by atoms with van der Waals surface area (Å²) in [6, 6.07) is 0. The first-order chi connectivity index (χ1) is 2.83. The molecule has 0 aliphatic carbocycles. The Labute approximate surface area is 56.1 Å². The van der Waals surface area contributed by atoms with Crippen molar-refractivity contribution in [1.82, 2.24) is 0 Å². The summed E-state index contributed by atoms with van der Waals surface area (Å²) < 4.78 is 0. The Morgan fingerprint density at radius 1 is 0.714 bits per heavy atom. The van der Waals surface area contributed by atoms with Gasteiger partial charge in [0.05, 0.1) is 0 Å². The van der Waals surface area contributed by atoms with E-state index in [9.17, 15) is 0 Å². The molecular formula is N6Te. The molecule has 0 bridgehead atoms. The molecule has 0 rings (SSSR count). The van der Waals surface area contributed by atoms with E-state index >= 15 is 0 Å². The molecule has 0 amide bonds. The molecular weight excluding hydrogens is 212 g/mol. The molecule has 0 unspecified atom stereocenters. The third-order valence-electron chi connectivity index (χ3n) is 0. The van der Waals surface area contributed by atoms with E-state index in [1.54, 1.807) is 0 Å². The molecule has 0 aromatic carbocycles. The molecule has 0 aromatic rings. The molecule has 0 atom stereocenters. The molecule has 0 spiro atoms. The molecule has 0 saturated carbocycles. The molecule has 0 heterocycles. The fraction of sp³-hybridized carbons (Fsp3) is 0. The Balaban J connectivity index is -0.0000000400. The van der Waals surface area contributed by atoms with Crippen molar-refractivity contribution in [2.24, 2.45) is 0 Å². The maximum atomic E-state index is 6.75. The summed E-state index contributed by atoms with van der Waals surface area (Å²) in [7, 11) is 0. The van der Waals surface area contributed by atoms with Crippen molar-refractivity contribution >= 4 is 23.7 Å². The van der Waals surface area contributed by atoms with Gasteiger partial charge in [0.15, 0.2) is 0 Å². The smallest absolute Gasteiger partial charge is 0.373 e. The van der Waals surface area contributed by atoms with Gasteiger partial charge in [-0.3, -0.25) is 9.82 Å². The largest absolute Gasteiger partial charge is 2.00 e. The predicted octanol–water partition coefficient (Wildman–Crippen LogP) is 1.35. The zero-order valence-corrected chi connectivity index (χ0v) is 5.42. The van der Waals surface area contributed by atoms with Gasteiger partial charge in [-0.25, -0.2) is 0 Å². The summed E-state index contributed by atoms with van der Waals surface area (Å²) in [6.45, 7) is 0. The molecule has 0 aromatic heterocycles. The van der Waals surface area contributed by atoms with Gasteiger partial charge in [-0.2, -0.15) is 0 Å². The average molecular weight is 212 g/mol. The Morgan fingerprint density at radius 3 is 0.714 bits per heavy atom. The maximum Gasteiger partial charge on any atom is 2.00 e. The van der Waals surface area contributed by atoms with Crippen LogP contribution in [0.15, 0.2) is 0 Å². The fourth-order valence-corrected chi connectivity index (χ4v) is 0. The van der Waals surface area contributed by atoms with E-state index in [1.165, 1.54) is 9.82 Å². The van der Waals surface area contributed by atoms with Gasteiger partial charge in [-0.05, 0) is 0 Å². The van der Waals surface area contributed by atoms with E-state index < -0.39 is 0 Å². The van der Waals surface area contributed by atoms with E-state index in [1.807, 2.05) is 0 Å². The minimum absolute atomic E-state index is 0. The van der Waals surface area contributed by atoms with Crippen molar-refractivity contribution in [3.63, 3.8) is 0 Å². The zero-order valence-electron chi connectivity index (χ0n) is 3.09. The maximum absolute atomic E-state index is 6.75. The summed E-state index contributed by atoms with van der Waals surface area (Å²) in [5, 5.41) is 0. The van der Waals surface area contributed by atoms with Crippen LogP contribution in [0.25, 0.3) is 31.9 Å². The van der Waals surface area contributed by atoms with Crippen LogP contribution >= 0.6 is 0 Å². The fourth-order valence-electron chi connectivity index (χ4n) is 0. The minimum atomic E-state index is 0. The predicted molar refractivity (Wildman–Crippen MR) is 25.9 cm³/mol. The van der Waals surface area contributed by atoms with Crippen LogP contribution < -0.4 is 0 Å². The summed E-state index contributed by atoms with van der Waals surface area (Å²) in [5.74, 6) is 0. The van der Waals surface area contributed by atoms with Gasteiger partial charge in [0, 0.05) is 0 Å². The van der Waals surface area contributed by atoms with Gasteiger partial charge in [0.2, 0.25) is 0 Å². The van der Waals surface area contributed by atoms with Crippen molar-refractivity contribution < 1.29 is 0 Å². The van der Waals surface area contributed by atoms with Gasteiger partial charge < -0.3 is 22.1 Å². The Hall–Kier alpha value is -0.590. The van der Waals surface area contributed by atoms with Crippen LogP contribution in [-0.2, 0) is 0 Å². The SMILES string of the molecule is [N-]=[N+]=[N-].[N-]=[N+]=[N-].[Te+2]. The van der Waals surface area contributed by atoms with Crippen LogP contribution in [0, 0.1) is 0 Å². The van der Waals surface area contributed by atoms with E-state index in [0.717, 1.165) is 0 Å². The summed E-state index contributed by atoms with van der Waals surface area (Å²) >= 11 is 0. The van der Waals surface area contributed by atoms with E-state index in [4.69, 9.17) is 22.1 Å². The first-order valence-corrected chi connectivity index (χ1v) is 0.800. The molecule has 36 valence electrons. The summed E-state index contributed by atoms with van der Waals surface area (Å²) in [4.78, 5) is 3.00. The van der Waals surface area contributed by atoms with E-state index in [2.05, 4.69) is 0 Å². The van der Waals surface area contributed by atoms with Crippen molar-refractivity contribution in [1.29, 1.82) is 0 Å². The molecule has 6 nitrogen and oxygen atoms in total. The first kappa shape index (κ1) is 16.1. The quantitative estimate of drug-likeness (QED) is 0.249. The second-order valence-corrected chi connectivity index (χ2v) is 0.179. The molecule has 7 heavy (non-hydrogen) atoms. The monoisotopic (exact) mass is 214 g/mol. The van der Waals surface area contributed by atoms with Crippen molar-refractivity contribution in [2.75, 3.05) is 0 Å². The average Bonchev–Trinajstić information content (AvgIpc) is 1.39. The van der Waals surface area contributed by atoms with Crippen LogP contribution in [0.2, 0.25) is 0 Å². The molecule has 0 aliphatic heterocycles. The normalized spacial score (nSPS) is 2.29. The number of hydrogen-bond acceptors (Lipinski definition) is 0. The Morgan fingerprint density at radius 2 is 0.714 bits per heavy atom. The van der Waals surface area contributed by atoms with E-state index in [0.29, 0.717) is 0 Å². The molecule has 0 saturated heterocycles. The minimum Gasteiger partial charge on any atom is -0.373 e. The van der Waals surface area contributed by atoms with E-state index in [-0.39, 0.29) is 23.7 Å². The Bertz CT molecular complexity index is 58.2. The van der Waals surface area contributed by atoms with Crippen LogP contribution in [0.1, 0.15) is 0 Å². The molecule has 0 N–H and O–H groups in total. The molecule has 0 aliphatic rings. The number of nitrogens with zero attached hydrogens (tertiary/aromatic N) is 6. The van der Waals surface area contributed by atoms with Crippen LogP contribution in [0.5, 0.6) is 0 Å². The third-order valence-corrected chi connectivity index (χ3v) is 0. The second-order valence-electron chi connectivity index (χ2n) is 0.179. The summed E-state index contributed by atoms with van der Waals surface area (Å²) in [5.41, 5.74) is 27.0. The van der Waals surface area contributed by atoms with Crippen LogP contribution in [-0.4, -0.2) is 23.7 Å².